The SMILES string of the molecule is CC(C)(C)N1CC[C@@H](n2nc(-c3ccc(Oc4ccccc4)cc3)c3c(N)ncnc32)[C@H](F)C1. The van der Waals surface area contributed by atoms with E-state index in [2.05, 4.69) is 35.6 Å². The Morgan fingerprint density at radius 3 is 2.38 bits per heavy atom. The number of rotatable bonds is 4. The number of hydrogen-bond acceptors (Lipinski definition) is 6. The smallest absolute Gasteiger partial charge is 0.164 e. The van der Waals surface area contributed by atoms with E-state index >= 15 is 4.39 Å². The zero-order chi connectivity index (χ0) is 23.9. The molecule has 2 aromatic carbocycles. The predicted octanol–water partition coefficient (Wildman–Crippen LogP) is 5.25. The molecule has 3 heterocycles. The second-order valence-corrected chi connectivity index (χ2v) is 9.68. The standard InChI is InChI=1S/C26H29FN6O/c1-26(2,3)32-14-13-21(20(27)15-32)33-25-22(24(28)29-16-30-25)23(31-33)17-9-11-19(12-10-17)34-18-7-5-4-6-8-18/h4-12,16,20-21H,13-15H2,1-3H3,(H2,28,29,30)/t20-,21-/m1/s1. The highest BCUT2D eigenvalue weighted by atomic mass is 19.1. The highest BCUT2D eigenvalue weighted by Crippen LogP contribution is 2.36. The van der Waals surface area contributed by atoms with Gasteiger partial charge in [0, 0.05) is 24.2 Å². The molecule has 176 valence electrons. The molecular formula is C26H29FN6O. The molecule has 34 heavy (non-hydrogen) atoms. The second kappa shape index (κ2) is 8.68. The molecule has 0 radical (unpaired) electrons. The molecule has 5 rings (SSSR count). The molecule has 1 fully saturated rings. The number of nitrogens with zero attached hydrogens (tertiary/aromatic N) is 5. The van der Waals surface area contributed by atoms with Gasteiger partial charge in [0.25, 0.3) is 0 Å². The van der Waals surface area contributed by atoms with Crippen LogP contribution in [0.1, 0.15) is 33.2 Å². The zero-order valence-corrected chi connectivity index (χ0v) is 19.6. The Morgan fingerprint density at radius 2 is 1.71 bits per heavy atom. The Bertz CT molecular complexity index is 1280. The largest absolute Gasteiger partial charge is 0.457 e. The fourth-order valence-electron chi connectivity index (χ4n) is 4.51. The van der Waals surface area contributed by atoms with Gasteiger partial charge >= 0.3 is 0 Å². The van der Waals surface area contributed by atoms with E-state index in [1.807, 2.05) is 54.6 Å². The molecule has 1 aliphatic heterocycles. The van der Waals surface area contributed by atoms with Crippen LogP contribution >= 0.6 is 0 Å². The number of nitrogens with two attached hydrogens (primary N) is 1. The van der Waals surface area contributed by atoms with Crippen LogP contribution in [0.25, 0.3) is 22.3 Å². The zero-order valence-electron chi connectivity index (χ0n) is 19.6. The van der Waals surface area contributed by atoms with Crippen molar-refractivity contribution in [3.8, 4) is 22.8 Å². The summed E-state index contributed by atoms with van der Waals surface area (Å²) in [5, 5.41) is 5.47. The molecule has 8 heteroatoms. The van der Waals surface area contributed by atoms with E-state index in [-0.39, 0.29) is 5.54 Å². The van der Waals surface area contributed by atoms with E-state index in [9.17, 15) is 0 Å². The Hall–Kier alpha value is -3.52. The average Bonchev–Trinajstić information content (AvgIpc) is 3.20. The first kappa shape index (κ1) is 22.3. The third kappa shape index (κ3) is 4.21. The van der Waals surface area contributed by atoms with Crippen LogP contribution in [0.3, 0.4) is 0 Å². The van der Waals surface area contributed by atoms with Gasteiger partial charge < -0.3 is 10.5 Å². The minimum Gasteiger partial charge on any atom is -0.457 e. The highest BCUT2D eigenvalue weighted by molar-refractivity contribution is 5.98. The molecule has 0 amide bonds. The fourth-order valence-corrected chi connectivity index (χ4v) is 4.51. The van der Waals surface area contributed by atoms with Crippen molar-refractivity contribution in [2.24, 2.45) is 0 Å². The number of piperidine rings is 1. The van der Waals surface area contributed by atoms with Gasteiger partial charge in [-0.3, -0.25) is 4.90 Å². The molecule has 0 aliphatic carbocycles. The number of likely N-dealkylation sites (tertiary alicyclic amines) is 1. The van der Waals surface area contributed by atoms with Gasteiger partial charge in [-0.15, -0.1) is 0 Å². The number of hydrogen-bond donors (Lipinski definition) is 1. The Morgan fingerprint density at radius 1 is 1.00 bits per heavy atom. The lowest BCUT2D eigenvalue weighted by molar-refractivity contribution is 0.0299. The van der Waals surface area contributed by atoms with Crippen LogP contribution in [0.4, 0.5) is 10.2 Å². The van der Waals surface area contributed by atoms with Crippen LogP contribution in [-0.2, 0) is 0 Å². The number of anilines is 1. The maximum Gasteiger partial charge on any atom is 0.164 e. The Balaban J connectivity index is 1.48. The number of fused-ring (bicyclic) bond motifs is 1. The molecule has 2 atom stereocenters. The van der Waals surface area contributed by atoms with Gasteiger partial charge in [-0.05, 0) is 63.6 Å². The van der Waals surface area contributed by atoms with Crippen molar-refractivity contribution in [1.29, 1.82) is 0 Å². The number of para-hydroxylation sites is 1. The molecule has 1 aliphatic rings. The number of benzene rings is 2. The summed E-state index contributed by atoms with van der Waals surface area (Å²) >= 11 is 0. The number of nitrogen functional groups attached to an aromatic ring is 1. The van der Waals surface area contributed by atoms with Gasteiger partial charge in [-0.2, -0.15) is 5.10 Å². The summed E-state index contributed by atoms with van der Waals surface area (Å²) in [6.45, 7) is 7.48. The quantitative estimate of drug-likeness (QED) is 0.448. The lowest BCUT2D eigenvalue weighted by atomic mass is 9.97. The van der Waals surface area contributed by atoms with Crippen LogP contribution in [0, 0.1) is 0 Å². The monoisotopic (exact) mass is 460 g/mol. The van der Waals surface area contributed by atoms with Gasteiger partial charge in [0.05, 0.1) is 11.4 Å². The Kier molecular flexibility index (Phi) is 5.69. The number of alkyl halides is 1. The number of ether oxygens (including phenoxy) is 1. The topological polar surface area (TPSA) is 82.1 Å². The Labute approximate surface area is 198 Å². The van der Waals surface area contributed by atoms with Gasteiger partial charge in [-0.1, -0.05) is 18.2 Å². The van der Waals surface area contributed by atoms with E-state index in [0.717, 1.165) is 17.9 Å². The molecule has 0 bridgehead atoms. The molecule has 2 N–H and O–H groups in total. The van der Waals surface area contributed by atoms with Crippen LogP contribution < -0.4 is 10.5 Å². The van der Waals surface area contributed by atoms with Crippen LogP contribution in [-0.4, -0.2) is 49.4 Å². The summed E-state index contributed by atoms with van der Waals surface area (Å²) < 4.78 is 23.0. The van der Waals surface area contributed by atoms with Crippen molar-refractivity contribution >= 4 is 16.9 Å². The van der Waals surface area contributed by atoms with Gasteiger partial charge in [0.15, 0.2) is 5.65 Å². The number of aromatic nitrogens is 4. The van der Waals surface area contributed by atoms with Gasteiger partial charge in [0.2, 0.25) is 0 Å². The minimum absolute atomic E-state index is 0.0805. The highest BCUT2D eigenvalue weighted by Gasteiger charge is 2.37. The third-order valence-corrected chi connectivity index (χ3v) is 6.39. The summed E-state index contributed by atoms with van der Waals surface area (Å²) in [7, 11) is 0. The lowest BCUT2D eigenvalue weighted by Gasteiger charge is -2.42. The normalized spacial score (nSPS) is 19.4. The minimum atomic E-state index is -1.07. The van der Waals surface area contributed by atoms with Crippen molar-refractivity contribution in [2.45, 2.75) is 44.9 Å². The summed E-state index contributed by atoms with van der Waals surface area (Å²) in [6, 6.07) is 16.8. The van der Waals surface area contributed by atoms with Crippen molar-refractivity contribution in [3.63, 3.8) is 0 Å². The predicted molar refractivity (Wildman–Crippen MR) is 132 cm³/mol. The first-order valence-electron chi connectivity index (χ1n) is 11.5. The van der Waals surface area contributed by atoms with E-state index < -0.39 is 12.2 Å². The first-order chi connectivity index (χ1) is 16.3. The van der Waals surface area contributed by atoms with Crippen LogP contribution in [0.2, 0.25) is 0 Å². The first-order valence-corrected chi connectivity index (χ1v) is 11.5. The van der Waals surface area contributed by atoms with Crippen LogP contribution in [0.5, 0.6) is 11.5 Å². The van der Waals surface area contributed by atoms with Crippen molar-refractivity contribution in [3.05, 3.63) is 60.9 Å². The van der Waals surface area contributed by atoms with Crippen molar-refractivity contribution in [1.82, 2.24) is 24.6 Å². The maximum absolute atomic E-state index is 15.4. The molecular weight excluding hydrogens is 431 g/mol. The molecule has 0 spiro atoms. The summed E-state index contributed by atoms with van der Waals surface area (Å²) in [6.07, 6.45) is 0.984. The summed E-state index contributed by atoms with van der Waals surface area (Å²) in [5.41, 5.74) is 8.21. The van der Waals surface area contributed by atoms with E-state index in [1.54, 1.807) is 4.68 Å². The van der Waals surface area contributed by atoms with Gasteiger partial charge in [0.1, 0.15) is 35.5 Å². The molecule has 0 saturated carbocycles. The number of halogens is 1. The fraction of sp³-hybridized carbons (Fsp3) is 0.346. The molecule has 1 saturated heterocycles. The van der Waals surface area contributed by atoms with Crippen molar-refractivity contribution in [2.75, 3.05) is 18.8 Å². The van der Waals surface area contributed by atoms with Gasteiger partial charge in [-0.25, -0.2) is 19.0 Å². The lowest BCUT2D eigenvalue weighted by Crippen LogP contribution is -2.51. The second-order valence-electron chi connectivity index (χ2n) is 9.68. The van der Waals surface area contributed by atoms with E-state index in [0.29, 0.717) is 41.3 Å². The third-order valence-electron chi connectivity index (χ3n) is 6.39. The van der Waals surface area contributed by atoms with Crippen LogP contribution in [0.15, 0.2) is 60.9 Å². The van der Waals surface area contributed by atoms with E-state index in [4.69, 9.17) is 15.6 Å². The molecule has 4 aromatic rings. The van der Waals surface area contributed by atoms with Crippen molar-refractivity contribution < 1.29 is 9.13 Å². The maximum atomic E-state index is 15.4. The average molecular weight is 461 g/mol. The summed E-state index contributed by atoms with van der Waals surface area (Å²) in [4.78, 5) is 10.8. The molecule has 7 nitrogen and oxygen atoms in total. The molecule has 2 aromatic heterocycles. The van der Waals surface area contributed by atoms with E-state index in [1.165, 1.54) is 6.33 Å². The summed E-state index contributed by atoms with van der Waals surface area (Å²) in [5.74, 6) is 1.80. The molecule has 0 unspecified atom stereocenters.